The Balaban J connectivity index is 2.41. The Kier molecular flexibility index (Phi) is 3.57. The second kappa shape index (κ2) is 5.31. The van der Waals surface area contributed by atoms with Crippen molar-refractivity contribution < 1.29 is 9.90 Å². The van der Waals surface area contributed by atoms with Gasteiger partial charge in [-0.2, -0.15) is 0 Å². The number of nitrogens with zero attached hydrogens (tertiary/aromatic N) is 3. The zero-order chi connectivity index (χ0) is 13.0. The van der Waals surface area contributed by atoms with Crippen LogP contribution in [0.25, 0.3) is 21.2 Å². The first-order valence-electron chi connectivity index (χ1n) is 5.42. The lowest BCUT2D eigenvalue weighted by Gasteiger charge is -2.03. The van der Waals surface area contributed by atoms with Crippen LogP contribution in [0.5, 0.6) is 0 Å². The van der Waals surface area contributed by atoms with Crippen molar-refractivity contribution in [3.05, 3.63) is 58.0 Å². The molecule has 2 rings (SSSR count). The number of hydrogen-bond donors (Lipinski definition) is 1. The Labute approximate surface area is 103 Å². The van der Waals surface area contributed by atoms with Crippen LogP contribution in [0.1, 0.15) is 15.9 Å². The largest absolute Gasteiger partial charge is 0.388 e. The fourth-order valence-electron chi connectivity index (χ4n) is 1.77. The van der Waals surface area contributed by atoms with Gasteiger partial charge < -0.3 is 5.11 Å². The molecule has 0 amide bonds. The van der Waals surface area contributed by atoms with Crippen LogP contribution in [0.2, 0.25) is 0 Å². The zero-order valence-electron chi connectivity index (χ0n) is 9.58. The molecule has 0 unspecified atom stereocenters. The number of benzene rings is 2. The number of aliphatic hydroxyl groups is 1. The summed E-state index contributed by atoms with van der Waals surface area (Å²) in [5, 5.41) is 14.2. The van der Waals surface area contributed by atoms with E-state index in [4.69, 9.17) is 10.6 Å². The van der Waals surface area contributed by atoms with Crippen LogP contribution in [0, 0.1) is 0 Å². The van der Waals surface area contributed by atoms with Gasteiger partial charge >= 0.3 is 0 Å². The molecule has 2 aromatic carbocycles. The molecule has 0 saturated carbocycles. The van der Waals surface area contributed by atoms with Crippen molar-refractivity contribution in [2.45, 2.75) is 6.54 Å². The molecule has 0 spiro atoms. The summed E-state index contributed by atoms with van der Waals surface area (Å²) in [7, 11) is 0. The van der Waals surface area contributed by atoms with E-state index in [1.807, 2.05) is 24.3 Å². The zero-order valence-corrected chi connectivity index (χ0v) is 9.58. The van der Waals surface area contributed by atoms with E-state index in [9.17, 15) is 4.79 Å². The first-order chi connectivity index (χ1) is 8.74. The van der Waals surface area contributed by atoms with Gasteiger partial charge in [0.2, 0.25) is 0 Å². The highest BCUT2D eigenvalue weighted by molar-refractivity contribution is 6.00. The third-order valence-electron chi connectivity index (χ3n) is 2.69. The molecule has 0 aliphatic carbocycles. The summed E-state index contributed by atoms with van der Waals surface area (Å²) in [6.07, 6.45) is 0. The normalized spacial score (nSPS) is 10.1. The molecule has 0 heterocycles. The van der Waals surface area contributed by atoms with Gasteiger partial charge in [0.15, 0.2) is 5.78 Å². The van der Waals surface area contributed by atoms with E-state index >= 15 is 0 Å². The highest BCUT2D eigenvalue weighted by Gasteiger charge is 2.05. The second-order valence-corrected chi connectivity index (χ2v) is 3.87. The highest BCUT2D eigenvalue weighted by atomic mass is 16.3. The number of rotatable bonds is 4. The van der Waals surface area contributed by atoms with E-state index in [-0.39, 0.29) is 5.78 Å². The van der Waals surface area contributed by atoms with Crippen molar-refractivity contribution in [2.24, 2.45) is 5.11 Å². The first kappa shape index (κ1) is 12.1. The molecule has 0 aliphatic heterocycles. The molecule has 90 valence electrons. The molecular formula is C13H11N3O2. The number of carbonyl (C=O) groups is 1. The van der Waals surface area contributed by atoms with Crippen molar-refractivity contribution in [1.82, 2.24) is 0 Å². The monoisotopic (exact) mass is 241 g/mol. The minimum absolute atomic E-state index is 0.296. The van der Waals surface area contributed by atoms with Crippen LogP contribution >= 0.6 is 0 Å². The summed E-state index contributed by atoms with van der Waals surface area (Å²) in [6, 6.07) is 10.9. The molecule has 0 saturated heterocycles. The molecule has 2 aromatic rings. The molecule has 0 radical (unpaired) electrons. The van der Waals surface area contributed by atoms with Crippen molar-refractivity contribution in [3.63, 3.8) is 0 Å². The molecule has 1 N–H and O–H groups in total. The Hall–Kier alpha value is -2.36. The van der Waals surface area contributed by atoms with Crippen LogP contribution in [-0.2, 0) is 6.54 Å². The summed E-state index contributed by atoms with van der Waals surface area (Å²) >= 11 is 0. The standard InChI is InChI=1S/C13H11N3O2/c14-16-15-7-9-1-2-11-6-12(13(18)8-17)4-3-10(11)5-9/h1-6,17H,7-8H2. The number of Topliss-reactive ketones (excluding diaryl/α,β-unsaturated/α-hetero) is 1. The van der Waals surface area contributed by atoms with Gasteiger partial charge in [-0.3, -0.25) is 4.79 Å². The summed E-state index contributed by atoms with van der Waals surface area (Å²) in [5.41, 5.74) is 9.67. The lowest BCUT2D eigenvalue weighted by atomic mass is 10.0. The predicted octanol–water partition coefficient (Wildman–Crippen LogP) is 2.83. The van der Waals surface area contributed by atoms with E-state index in [1.165, 1.54) is 0 Å². The number of hydrogen-bond acceptors (Lipinski definition) is 3. The fraction of sp³-hybridized carbons (Fsp3) is 0.154. The van der Waals surface area contributed by atoms with Crippen molar-refractivity contribution in [3.8, 4) is 0 Å². The van der Waals surface area contributed by atoms with Gasteiger partial charge in [0.1, 0.15) is 6.61 Å². The molecular weight excluding hydrogens is 230 g/mol. The molecule has 5 heteroatoms. The van der Waals surface area contributed by atoms with Gasteiger partial charge in [-0.1, -0.05) is 35.4 Å². The van der Waals surface area contributed by atoms with Crippen LogP contribution < -0.4 is 0 Å². The van der Waals surface area contributed by atoms with Crippen LogP contribution in [-0.4, -0.2) is 17.5 Å². The molecule has 5 nitrogen and oxygen atoms in total. The van der Waals surface area contributed by atoms with Crippen molar-refractivity contribution >= 4 is 16.6 Å². The summed E-state index contributed by atoms with van der Waals surface area (Å²) < 4.78 is 0. The average Bonchev–Trinajstić information content (AvgIpc) is 2.43. The molecule has 0 aromatic heterocycles. The number of azide groups is 1. The number of fused-ring (bicyclic) bond motifs is 1. The topological polar surface area (TPSA) is 86.1 Å². The van der Waals surface area contributed by atoms with Gasteiger partial charge in [-0.25, -0.2) is 0 Å². The van der Waals surface area contributed by atoms with Gasteiger partial charge in [0, 0.05) is 10.5 Å². The Morgan fingerprint density at radius 3 is 2.67 bits per heavy atom. The third kappa shape index (κ3) is 2.48. The van der Waals surface area contributed by atoms with E-state index in [2.05, 4.69) is 10.0 Å². The number of ketones is 1. The predicted molar refractivity (Wildman–Crippen MR) is 68.2 cm³/mol. The SMILES string of the molecule is [N-]=[N+]=NCc1ccc2cc(C(=O)CO)ccc2c1. The van der Waals surface area contributed by atoms with E-state index in [0.29, 0.717) is 12.1 Å². The van der Waals surface area contributed by atoms with Gasteiger partial charge in [-0.05, 0) is 27.9 Å². The third-order valence-corrected chi connectivity index (χ3v) is 2.69. The van der Waals surface area contributed by atoms with Crippen LogP contribution in [0.15, 0.2) is 41.5 Å². The Morgan fingerprint density at radius 2 is 1.94 bits per heavy atom. The van der Waals surface area contributed by atoms with Crippen molar-refractivity contribution in [2.75, 3.05) is 6.61 Å². The summed E-state index contributed by atoms with van der Waals surface area (Å²) in [5.74, 6) is -0.296. The number of aliphatic hydroxyl groups excluding tert-OH is 1. The van der Waals surface area contributed by atoms with E-state index in [0.717, 1.165) is 16.3 Å². The van der Waals surface area contributed by atoms with Crippen molar-refractivity contribution in [1.29, 1.82) is 0 Å². The minimum Gasteiger partial charge on any atom is -0.388 e. The second-order valence-electron chi connectivity index (χ2n) is 3.87. The fourth-order valence-corrected chi connectivity index (χ4v) is 1.77. The lowest BCUT2D eigenvalue weighted by Crippen LogP contribution is -2.03. The van der Waals surface area contributed by atoms with Crippen LogP contribution in [0.4, 0.5) is 0 Å². The van der Waals surface area contributed by atoms with Gasteiger partial charge in [-0.15, -0.1) is 0 Å². The minimum atomic E-state index is -0.486. The smallest absolute Gasteiger partial charge is 0.188 e. The van der Waals surface area contributed by atoms with E-state index in [1.54, 1.807) is 12.1 Å². The molecule has 0 bridgehead atoms. The number of carbonyl (C=O) groups excluding carboxylic acids is 1. The van der Waals surface area contributed by atoms with Gasteiger partial charge in [0.25, 0.3) is 0 Å². The first-order valence-corrected chi connectivity index (χ1v) is 5.42. The maximum absolute atomic E-state index is 11.4. The maximum atomic E-state index is 11.4. The van der Waals surface area contributed by atoms with Gasteiger partial charge in [0.05, 0.1) is 6.54 Å². The lowest BCUT2D eigenvalue weighted by molar-refractivity contribution is 0.0904. The van der Waals surface area contributed by atoms with Crippen LogP contribution in [0.3, 0.4) is 0 Å². The molecule has 0 atom stereocenters. The molecule has 18 heavy (non-hydrogen) atoms. The maximum Gasteiger partial charge on any atom is 0.188 e. The Bertz CT molecular complexity index is 646. The highest BCUT2D eigenvalue weighted by Crippen LogP contribution is 2.19. The summed E-state index contributed by atoms with van der Waals surface area (Å²) in [4.78, 5) is 14.1. The van der Waals surface area contributed by atoms with E-state index < -0.39 is 6.61 Å². The average molecular weight is 241 g/mol. The summed E-state index contributed by atoms with van der Waals surface area (Å²) in [6.45, 7) is -0.176. The molecule has 0 fully saturated rings. The Morgan fingerprint density at radius 1 is 1.22 bits per heavy atom. The quantitative estimate of drug-likeness (QED) is 0.386. The molecule has 0 aliphatic rings.